The van der Waals surface area contributed by atoms with Crippen LogP contribution in [-0.4, -0.2) is 23.1 Å². The van der Waals surface area contributed by atoms with Crippen molar-refractivity contribution in [2.24, 2.45) is 0 Å². The van der Waals surface area contributed by atoms with E-state index in [1.807, 2.05) is 0 Å². The number of non-ortho nitro benzene ring substituents is 1. The van der Waals surface area contributed by atoms with Crippen molar-refractivity contribution in [2.75, 3.05) is 7.11 Å². The van der Waals surface area contributed by atoms with Crippen molar-refractivity contribution >= 4 is 11.7 Å². The van der Waals surface area contributed by atoms with Crippen LogP contribution < -0.4 is 0 Å². The summed E-state index contributed by atoms with van der Waals surface area (Å²) in [6.07, 6.45) is 0. The minimum atomic E-state index is -2.01. The Labute approximate surface area is 120 Å². The number of hydrogen-bond acceptors (Lipinski definition) is 5. The summed E-state index contributed by atoms with van der Waals surface area (Å²) < 4.78 is 4.68. The van der Waals surface area contributed by atoms with E-state index in [4.69, 9.17) is 0 Å². The van der Waals surface area contributed by atoms with Gasteiger partial charge in [0.05, 0.1) is 12.0 Å². The molecule has 0 aromatic heterocycles. The molecule has 1 atom stereocenters. The largest absolute Gasteiger partial charge is 0.466 e. The van der Waals surface area contributed by atoms with Gasteiger partial charge in [-0.25, -0.2) is 4.79 Å². The Bertz CT molecular complexity index is 654. The maximum atomic E-state index is 12.0. The highest BCUT2D eigenvalue weighted by Crippen LogP contribution is 2.31. The van der Waals surface area contributed by atoms with Gasteiger partial charge in [0.15, 0.2) is 0 Å². The molecule has 2 aromatic carbocycles. The molecule has 1 N–H and O–H groups in total. The second kappa shape index (κ2) is 5.72. The number of ether oxygens (including phenoxy) is 1. The molecule has 0 bridgehead atoms. The molecular formula is C15H13NO5. The van der Waals surface area contributed by atoms with Gasteiger partial charge >= 0.3 is 5.97 Å². The number of nitro groups is 1. The van der Waals surface area contributed by atoms with Crippen LogP contribution in [0.4, 0.5) is 5.69 Å². The van der Waals surface area contributed by atoms with Crippen molar-refractivity contribution in [2.45, 2.75) is 5.60 Å². The normalized spacial score (nSPS) is 13.2. The third-order valence-corrected chi connectivity index (χ3v) is 3.17. The molecule has 0 spiro atoms. The van der Waals surface area contributed by atoms with Gasteiger partial charge in [0.2, 0.25) is 5.60 Å². The Morgan fingerprint density at radius 1 is 1.10 bits per heavy atom. The first-order valence-electron chi connectivity index (χ1n) is 6.11. The predicted molar refractivity (Wildman–Crippen MR) is 74.6 cm³/mol. The van der Waals surface area contributed by atoms with Crippen LogP contribution in [0.25, 0.3) is 0 Å². The number of nitro benzene ring substituents is 1. The number of nitrogens with zero attached hydrogens (tertiary/aromatic N) is 1. The average molecular weight is 287 g/mol. The van der Waals surface area contributed by atoms with Gasteiger partial charge in [-0.05, 0) is 23.3 Å². The van der Waals surface area contributed by atoms with Crippen LogP contribution in [0, 0.1) is 10.1 Å². The number of esters is 1. The van der Waals surface area contributed by atoms with Crippen molar-refractivity contribution in [3.8, 4) is 0 Å². The molecule has 1 unspecified atom stereocenters. The number of rotatable bonds is 4. The number of aliphatic hydroxyl groups is 1. The molecule has 0 aliphatic rings. The van der Waals surface area contributed by atoms with E-state index in [2.05, 4.69) is 4.74 Å². The van der Waals surface area contributed by atoms with E-state index in [-0.39, 0.29) is 11.3 Å². The number of hydrogen-bond donors (Lipinski definition) is 1. The van der Waals surface area contributed by atoms with Crippen molar-refractivity contribution in [3.05, 3.63) is 75.8 Å². The summed E-state index contributed by atoms with van der Waals surface area (Å²) in [5.74, 6) is -0.859. The third-order valence-electron chi connectivity index (χ3n) is 3.17. The summed E-state index contributed by atoms with van der Waals surface area (Å²) in [5.41, 5.74) is -1.61. The molecule has 0 saturated heterocycles. The van der Waals surface area contributed by atoms with E-state index in [0.717, 1.165) is 0 Å². The highest BCUT2D eigenvalue weighted by atomic mass is 16.6. The van der Waals surface area contributed by atoms with Crippen molar-refractivity contribution in [1.29, 1.82) is 0 Å². The first kappa shape index (κ1) is 14.7. The van der Waals surface area contributed by atoms with E-state index in [1.165, 1.54) is 31.4 Å². The summed E-state index contributed by atoms with van der Waals surface area (Å²) in [4.78, 5) is 22.2. The monoisotopic (exact) mass is 287 g/mol. The lowest BCUT2D eigenvalue weighted by Crippen LogP contribution is -2.38. The standard InChI is InChI=1S/C15H13NO5/c1-21-14(17)15(18,11-5-3-2-4-6-11)12-7-9-13(10-8-12)16(19)20/h2-10,18H,1H3. The van der Waals surface area contributed by atoms with E-state index >= 15 is 0 Å². The highest BCUT2D eigenvalue weighted by Gasteiger charge is 2.41. The Morgan fingerprint density at radius 2 is 1.62 bits per heavy atom. The van der Waals surface area contributed by atoms with Crippen molar-refractivity contribution < 1.29 is 19.6 Å². The van der Waals surface area contributed by atoms with Crippen molar-refractivity contribution in [1.82, 2.24) is 0 Å². The molecule has 6 heteroatoms. The van der Waals surface area contributed by atoms with Gasteiger partial charge < -0.3 is 9.84 Å². The fourth-order valence-corrected chi connectivity index (χ4v) is 2.05. The van der Waals surface area contributed by atoms with E-state index in [0.29, 0.717) is 5.56 Å². The van der Waals surface area contributed by atoms with Crippen LogP contribution >= 0.6 is 0 Å². The fourth-order valence-electron chi connectivity index (χ4n) is 2.05. The average Bonchev–Trinajstić information content (AvgIpc) is 2.54. The van der Waals surface area contributed by atoms with Crippen LogP contribution in [0.1, 0.15) is 11.1 Å². The Balaban J connectivity index is 2.55. The lowest BCUT2D eigenvalue weighted by molar-refractivity contribution is -0.384. The molecule has 0 fully saturated rings. The van der Waals surface area contributed by atoms with Gasteiger partial charge in [-0.3, -0.25) is 10.1 Å². The molecular weight excluding hydrogens is 274 g/mol. The minimum Gasteiger partial charge on any atom is -0.466 e. The third kappa shape index (κ3) is 2.61. The van der Waals surface area contributed by atoms with Crippen LogP contribution in [-0.2, 0) is 15.1 Å². The lowest BCUT2D eigenvalue weighted by atomic mass is 9.86. The van der Waals surface area contributed by atoms with Crippen LogP contribution in [0.5, 0.6) is 0 Å². The molecule has 2 rings (SSSR count). The molecule has 0 heterocycles. The molecule has 0 amide bonds. The number of benzene rings is 2. The molecule has 0 radical (unpaired) electrons. The van der Waals surface area contributed by atoms with Gasteiger partial charge in [-0.2, -0.15) is 0 Å². The molecule has 0 saturated carbocycles. The zero-order chi connectivity index (χ0) is 15.5. The summed E-state index contributed by atoms with van der Waals surface area (Å²) >= 11 is 0. The maximum Gasteiger partial charge on any atom is 0.347 e. The van der Waals surface area contributed by atoms with Gasteiger partial charge in [-0.1, -0.05) is 30.3 Å². The summed E-state index contributed by atoms with van der Waals surface area (Å²) in [5, 5.41) is 21.5. The molecule has 0 aliphatic carbocycles. The fraction of sp³-hybridized carbons (Fsp3) is 0.133. The lowest BCUT2D eigenvalue weighted by Gasteiger charge is -2.26. The molecule has 108 valence electrons. The zero-order valence-corrected chi connectivity index (χ0v) is 11.2. The summed E-state index contributed by atoms with van der Waals surface area (Å²) in [6.45, 7) is 0. The van der Waals surface area contributed by atoms with Crippen molar-refractivity contribution in [3.63, 3.8) is 0 Å². The Kier molecular flexibility index (Phi) is 4.00. The van der Waals surface area contributed by atoms with Gasteiger partial charge in [0, 0.05) is 12.1 Å². The first-order chi connectivity index (χ1) is 10.00. The van der Waals surface area contributed by atoms with E-state index in [1.54, 1.807) is 30.3 Å². The molecule has 2 aromatic rings. The molecule has 0 aliphatic heterocycles. The number of methoxy groups -OCH3 is 1. The second-order valence-electron chi connectivity index (χ2n) is 4.37. The first-order valence-corrected chi connectivity index (χ1v) is 6.11. The van der Waals surface area contributed by atoms with Crippen LogP contribution in [0.3, 0.4) is 0 Å². The van der Waals surface area contributed by atoms with E-state index < -0.39 is 16.5 Å². The quantitative estimate of drug-likeness (QED) is 0.527. The van der Waals surface area contributed by atoms with E-state index in [9.17, 15) is 20.0 Å². The number of carbonyl (C=O) groups is 1. The highest BCUT2D eigenvalue weighted by molar-refractivity contribution is 5.85. The Morgan fingerprint density at radius 3 is 2.10 bits per heavy atom. The summed E-state index contributed by atoms with van der Waals surface area (Å²) in [6, 6.07) is 13.4. The van der Waals surface area contributed by atoms with Crippen LogP contribution in [0.2, 0.25) is 0 Å². The predicted octanol–water partition coefficient (Wildman–Crippen LogP) is 2.00. The minimum absolute atomic E-state index is 0.126. The van der Waals surface area contributed by atoms with Crippen LogP contribution in [0.15, 0.2) is 54.6 Å². The molecule has 6 nitrogen and oxygen atoms in total. The Hall–Kier alpha value is -2.73. The van der Waals surface area contributed by atoms with Gasteiger partial charge in [0.1, 0.15) is 0 Å². The SMILES string of the molecule is COC(=O)C(O)(c1ccccc1)c1ccc([N+](=O)[O-])cc1. The second-order valence-corrected chi connectivity index (χ2v) is 4.37. The molecule has 21 heavy (non-hydrogen) atoms. The number of carbonyl (C=O) groups excluding carboxylic acids is 1. The zero-order valence-electron chi connectivity index (χ0n) is 11.2. The van der Waals surface area contributed by atoms with Gasteiger partial charge in [-0.15, -0.1) is 0 Å². The topological polar surface area (TPSA) is 89.7 Å². The smallest absolute Gasteiger partial charge is 0.347 e. The van der Waals surface area contributed by atoms with Gasteiger partial charge in [0.25, 0.3) is 5.69 Å². The summed E-state index contributed by atoms with van der Waals surface area (Å²) in [7, 11) is 1.17. The maximum absolute atomic E-state index is 12.0.